The monoisotopic (exact) mass is 461 g/mol. The van der Waals surface area contributed by atoms with Crippen LogP contribution in [0.3, 0.4) is 0 Å². The van der Waals surface area contributed by atoms with Gasteiger partial charge in [-0.2, -0.15) is 0 Å². The second-order valence-electron chi connectivity index (χ2n) is 7.55. The van der Waals surface area contributed by atoms with Gasteiger partial charge in [-0.3, -0.25) is 4.79 Å². The summed E-state index contributed by atoms with van der Waals surface area (Å²) in [6.07, 6.45) is 1.03. The van der Waals surface area contributed by atoms with Gasteiger partial charge in [-0.1, -0.05) is 11.3 Å². The van der Waals surface area contributed by atoms with Gasteiger partial charge in [0.25, 0.3) is 5.91 Å². The van der Waals surface area contributed by atoms with E-state index in [0.29, 0.717) is 35.6 Å². The zero-order valence-corrected chi connectivity index (χ0v) is 17.5. The number of anilines is 2. The van der Waals surface area contributed by atoms with Crippen molar-refractivity contribution in [3.8, 4) is 5.75 Å². The van der Waals surface area contributed by atoms with E-state index in [4.69, 9.17) is 9.47 Å². The molecule has 3 heterocycles. The predicted octanol–water partition coefficient (Wildman–Crippen LogP) is 3.51. The quantitative estimate of drug-likeness (QED) is 0.600. The number of ether oxygens (including phenoxy) is 2. The second kappa shape index (κ2) is 7.68. The summed E-state index contributed by atoms with van der Waals surface area (Å²) in [5.41, 5.74) is -0.219. The zero-order chi connectivity index (χ0) is 22.6. The van der Waals surface area contributed by atoms with Gasteiger partial charge in [0.2, 0.25) is 0 Å². The summed E-state index contributed by atoms with van der Waals surface area (Å²) in [5.74, 6) is -4.57. The van der Waals surface area contributed by atoms with Gasteiger partial charge >= 0.3 is 5.97 Å². The Balaban J connectivity index is 1.55. The highest BCUT2D eigenvalue weighted by Crippen LogP contribution is 2.42. The Morgan fingerprint density at radius 2 is 1.97 bits per heavy atom. The molecule has 3 aromatic rings. The molecule has 2 saturated heterocycles. The van der Waals surface area contributed by atoms with Crippen LogP contribution in [0.4, 0.5) is 19.6 Å². The Kier molecular flexibility index (Phi) is 4.94. The lowest BCUT2D eigenvalue weighted by Crippen LogP contribution is -2.64. The largest absolute Gasteiger partial charge is 0.496 e. The lowest BCUT2D eigenvalue weighted by Gasteiger charge is -2.52. The molecule has 2 atom stereocenters. The van der Waals surface area contributed by atoms with Crippen molar-refractivity contribution in [2.75, 3.05) is 30.5 Å². The van der Waals surface area contributed by atoms with Gasteiger partial charge in [0.05, 0.1) is 53.9 Å². The summed E-state index contributed by atoms with van der Waals surface area (Å²) in [7, 11) is 1.40. The molecule has 2 bridgehead atoms. The Hall–Kier alpha value is -3.31. The van der Waals surface area contributed by atoms with Crippen molar-refractivity contribution < 1.29 is 33.0 Å². The van der Waals surface area contributed by atoms with Gasteiger partial charge in [-0.25, -0.2) is 18.6 Å². The molecular weight excluding hydrogens is 444 g/mol. The molecule has 0 radical (unpaired) electrons. The number of amides is 1. The van der Waals surface area contributed by atoms with E-state index < -0.39 is 29.1 Å². The number of fused-ring (bicyclic) bond motifs is 3. The molecule has 1 amide bonds. The smallest absolute Gasteiger partial charge is 0.337 e. The molecule has 2 aliphatic heterocycles. The minimum Gasteiger partial charge on any atom is -0.496 e. The molecule has 2 aliphatic rings. The third kappa shape index (κ3) is 3.24. The summed E-state index contributed by atoms with van der Waals surface area (Å²) in [4.78, 5) is 31.5. The normalized spacial score (nSPS) is 19.5. The average Bonchev–Trinajstić information content (AvgIpc) is 3.18. The van der Waals surface area contributed by atoms with E-state index in [2.05, 4.69) is 15.2 Å². The average molecular weight is 461 g/mol. The number of aromatic nitrogens is 1. The van der Waals surface area contributed by atoms with Crippen LogP contribution in [0.5, 0.6) is 5.75 Å². The topological polar surface area (TPSA) is 101 Å². The minimum absolute atomic E-state index is 0.136. The predicted molar refractivity (Wildman–Crippen MR) is 113 cm³/mol. The number of morpholine rings is 1. The molecule has 0 aliphatic carbocycles. The molecule has 2 unspecified atom stereocenters. The molecule has 11 heteroatoms. The van der Waals surface area contributed by atoms with Crippen molar-refractivity contribution in [1.29, 1.82) is 0 Å². The van der Waals surface area contributed by atoms with Crippen molar-refractivity contribution in [2.45, 2.75) is 18.5 Å². The number of thiazole rings is 1. The highest BCUT2D eigenvalue weighted by molar-refractivity contribution is 7.22. The Morgan fingerprint density at radius 3 is 2.62 bits per heavy atom. The summed E-state index contributed by atoms with van der Waals surface area (Å²) in [6.45, 7) is 1.24. The van der Waals surface area contributed by atoms with Gasteiger partial charge in [0.15, 0.2) is 16.8 Å². The number of hydrogen-bond donors (Lipinski definition) is 2. The number of nitrogens with zero attached hydrogens (tertiary/aromatic N) is 2. The Bertz CT molecular complexity index is 1250. The van der Waals surface area contributed by atoms with Gasteiger partial charge < -0.3 is 24.8 Å². The van der Waals surface area contributed by atoms with E-state index >= 15 is 0 Å². The van der Waals surface area contributed by atoms with E-state index in [1.54, 1.807) is 12.1 Å². The number of carboxylic acids is 1. The third-order valence-corrected chi connectivity index (χ3v) is 6.77. The first-order valence-corrected chi connectivity index (χ1v) is 10.6. The Morgan fingerprint density at radius 1 is 1.25 bits per heavy atom. The van der Waals surface area contributed by atoms with Crippen molar-refractivity contribution >= 4 is 44.2 Å². The molecule has 2 fully saturated rings. The number of carbonyl (C=O) groups excluding carboxylic acids is 1. The molecule has 32 heavy (non-hydrogen) atoms. The maximum Gasteiger partial charge on any atom is 0.337 e. The van der Waals surface area contributed by atoms with Crippen LogP contribution < -0.4 is 15.0 Å². The fraction of sp³-hybridized carbons (Fsp3) is 0.286. The minimum atomic E-state index is -1.50. The van der Waals surface area contributed by atoms with E-state index in [9.17, 15) is 23.5 Å². The summed E-state index contributed by atoms with van der Waals surface area (Å²) < 4.78 is 38.7. The maximum absolute atomic E-state index is 13.8. The van der Waals surface area contributed by atoms with Crippen LogP contribution in [0.15, 0.2) is 24.3 Å². The van der Waals surface area contributed by atoms with Gasteiger partial charge in [-0.05, 0) is 24.6 Å². The van der Waals surface area contributed by atoms with Crippen molar-refractivity contribution in [2.24, 2.45) is 0 Å². The van der Waals surface area contributed by atoms with Crippen LogP contribution in [0.25, 0.3) is 10.2 Å². The first-order chi connectivity index (χ1) is 15.4. The van der Waals surface area contributed by atoms with E-state index in [1.165, 1.54) is 18.4 Å². The number of nitrogens with one attached hydrogen (secondary N) is 1. The highest BCUT2D eigenvalue weighted by atomic mass is 32.1. The summed E-state index contributed by atoms with van der Waals surface area (Å²) in [5, 5.41) is 12.5. The third-order valence-electron chi connectivity index (χ3n) is 5.67. The molecular formula is C21H17F2N3O5S. The lowest BCUT2D eigenvalue weighted by molar-refractivity contribution is 0.0103. The standard InChI is InChI=1S/C21H17F2N3O5S/c1-30-16-3-2-14-18(32-21(25-14)26-9-4-10(26)8-31-7-9)17(16)19(27)24-15-6-13(23)12(22)5-11(15)20(28)29/h2-3,5-6,9-10H,4,7-8H2,1H3,(H,24,27)(H,28,29). The molecule has 166 valence electrons. The van der Waals surface area contributed by atoms with Crippen LogP contribution in [-0.4, -0.2) is 54.4 Å². The number of hydrogen-bond acceptors (Lipinski definition) is 7. The van der Waals surface area contributed by atoms with E-state index in [1.807, 2.05) is 0 Å². The highest BCUT2D eigenvalue weighted by Gasteiger charge is 2.44. The van der Waals surface area contributed by atoms with Gasteiger partial charge in [-0.15, -0.1) is 0 Å². The van der Waals surface area contributed by atoms with Crippen molar-refractivity contribution in [3.63, 3.8) is 0 Å². The van der Waals surface area contributed by atoms with Gasteiger partial charge in [0, 0.05) is 6.07 Å². The van der Waals surface area contributed by atoms with Crippen LogP contribution in [-0.2, 0) is 4.74 Å². The van der Waals surface area contributed by atoms with Crippen LogP contribution in [0.2, 0.25) is 0 Å². The van der Waals surface area contributed by atoms with Crippen molar-refractivity contribution in [1.82, 2.24) is 4.98 Å². The fourth-order valence-corrected chi connectivity index (χ4v) is 5.36. The first-order valence-electron chi connectivity index (χ1n) is 9.74. The van der Waals surface area contributed by atoms with Crippen LogP contribution >= 0.6 is 11.3 Å². The fourth-order valence-electron chi connectivity index (χ4n) is 4.12. The lowest BCUT2D eigenvalue weighted by atomic mass is 9.92. The van der Waals surface area contributed by atoms with Crippen LogP contribution in [0.1, 0.15) is 27.1 Å². The number of rotatable bonds is 5. The molecule has 8 nitrogen and oxygen atoms in total. The Labute approximate surface area is 184 Å². The number of carbonyl (C=O) groups is 2. The van der Waals surface area contributed by atoms with E-state index in [-0.39, 0.29) is 29.1 Å². The number of carboxylic acid groups (broad SMARTS) is 1. The molecule has 5 rings (SSSR count). The number of aromatic carboxylic acids is 1. The van der Waals surface area contributed by atoms with Crippen LogP contribution in [0, 0.1) is 11.6 Å². The molecule has 2 N–H and O–H groups in total. The number of halogens is 2. The zero-order valence-electron chi connectivity index (χ0n) is 16.7. The summed E-state index contributed by atoms with van der Waals surface area (Å²) >= 11 is 1.32. The first kappa shape index (κ1) is 20.6. The SMILES string of the molecule is COc1ccc2nc(N3C4COCC3C4)sc2c1C(=O)Nc1cc(F)c(F)cc1C(=O)O. The molecule has 0 spiro atoms. The number of benzene rings is 2. The second-order valence-corrected chi connectivity index (χ2v) is 8.52. The molecule has 0 saturated carbocycles. The van der Waals surface area contributed by atoms with E-state index in [0.717, 1.165) is 11.6 Å². The molecule has 2 aromatic carbocycles. The molecule has 1 aromatic heterocycles. The number of methoxy groups -OCH3 is 1. The summed E-state index contributed by atoms with van der Waals surface area (Å²) in [6, 6.07) is 4.98. The maximum atomic E-state index is 13.8. The van der Waals surface area contributed by atoms with Gasteiger partial charge in [0.1, 0.15) is 11.3 Å². The van der Waals surface area contributed by atoms with Crippen molar-refractivity contribution in [3.05, 3.63) is 47.0 Å².